The molecule has 9 heteroatoms. The average Bonchev–Trinajstić information content (AvgIpc) is 3.53. The van der Waals surface area contributed by atoms with Crippen molar-refractivity contribution in [1.29, 1.82) is 0 Å². The van der Waals surface area contributed by atoms with E-state index < -0.39 is 28.5 Å². The summed E-state index contributed by atoms with van der Waals surface area (Å²) in [5.74, 6) is 0.0168. The van der Waals surface area contributed by atoms with Gasteiger partial charge in [-0.3, -0.25) is 13.9 Å². The van der Waals surface area contributed by atoms with E-state index in [9.17, 15) is 18.0 Å². The van der Waals surface area contributed by atoms with Crippen molar-refractivity contribution in [2.45, 2.75) is 82.8 Å². The number of benzene rings is 3. The first-order chi connectivity index (χ1) is 20.7. The summed E-state index contributed by atoms with van der Waals surface area (Å²) < 4.78 is 34.8. The third-order valence-electron chi connectivity index (χ3n) is 8.13. The summed E-state index contributed by atoms with van der Waals surface area (Å²) in [6, 6.07) is 20.5. The number of amides is 2. The fourth-order valence-electron chi connectivity index (χ4n) is 5.62. The molecule has 1 saturated carbocycles. The summed E-state index contributed by atoms with van der Waals surface area (Å²) in [4.78, 5) is 29.6. The Labute approximate surface area is 256 Å². The molecule has 8 nitrogen and oxygen atoms in total. The summed E-state index contributed by atoms with van der Waals surface area (Å²) in [6.45, 7) is 5.42. The van der Waals surface area contributed by atoms with Crippen LogP contribution in [0.2, 0.25) is 0 Å². The van der Waals surface area contributed by atoms with Crippen LogP contribution in [0, 0.1) is 6.92 Å². The highest BCUT2D eigenvalue weighted by Crippen LogP contribution is 2.29. The molecule has 43 heavy (non-hydrogen) atoms. The van der Waals surface area contributed by atoms with Gasteiger partial charge in [-0.05, 0) is 74.1 Å². The van der Waals surface area contributed by atoms with Gasteiger partial charge in [-0.15, -0.1) is 0 Å². The van der Waals surface area contributed by atoms with Gasteiger partial charge in [-0.25, -0.2) is 8.42 Å². The number of methoxy groups -OCH3 is 1. The summed E-state index contributed by atoms with van der Waals surface area (Å²) >= 11 is 0. The van der Waals surface area contributed by atoms with Gasteiger partial charge in [0.25, 0.3) is 10.0 Å². The number of anilines is 1. The van der Waals surface area contributed by atoms with Gasteiger partial charge in [0.15, 0.2) is 0 Å². The SMILES string of the molecule is CCc1ccccc1N(CC(=O)N(Cc1ccc(OC)cc1)[C@@H](CC)C(=O)NC1CCCC1)S(=O)(=O)c1ccc(C)cc1. The van der Waals surface area contributed by atoms with Crippen LogP contribution in [0.5, 0.6) is 5.75 Å². The Morgan fingerprint density at radius 3 is 2.21 bits per heavy atom. The van der Waals surface area contributed by atoms with Crippen LogP contribution in [0.25, 0.3) is 0 Å². The Balaban J connectivity index is 1.74. The van der Waals surface area contributed by atoms with Crippen molar-refractivity contribution < 1.29 is 22.7 Å². The molecule has 1 fully saturated rings. The van der Waals surface area contributed by atoms with Gasteiger partial charge in [-0.1, -0.05) is 74.7 Å². The topological polar surface area (TPSA) is 96.0 Å². The lowest BCUT2D eigenvalue weighted by Crippen LogP contribution is -2.53. The summed E-state index contributed by atoms with van der Waals surface area (Å²) in [5, 5.41) is 3.15. The molecule has 0 saturated heterocycles. The quantitative estimate of drug-likeness (QED) is 0.273. The number of nitrogens with one attached hydrogen (secondary N) is 1. The Morgan fingerprint density at radius 1 is 0.953 bits per heavy atom. The average molecular weight is 606 g/mol. The van der Waals surface area contributed by atoms with E-state index in [1.165, 1.54) is 9.21 Å². The minimum Gasteiger partial charge on any atom is -0.497 e. The first-order valence-electron chi connectivity index (χ1n) is 15.1. The Kier molecular flexibility index (Phi) is 10.9. The zero-order chi connectivity index (χ0) is 31.0. The third kappa shape index (κ3) is 7.76. The lowest BCUT2D eigenvalue weighted by Gasteiger charge is -2.34. The second-order valence-electron chi connectivity index (χ2n) is 11.1. The molecule has 1 N–H and O–H groups in total. The number of ether oxygens (including phenoxy) is 1. The number of carbonyl (C=O) groups excluding carboxylic acids is 2. The molecule has 3 aromatic carbocycles. The molecule has 0 bridgehead atoms. The second-order valence-corrected chi connectivity index (χ2v) is 13.0. The molecule has 4 rings (SSSR count). The van der Waals surface area contributed by atoms with Crippen molar-refractivity contribution in [3.05, 3.63) is 89.5 Å². The van der Waals surface area contributed by atoms with E-state index in [1.54, 1.807) is 43.5 Å². The number of rotatable bonds is 13. The third-order valence-corrected chi connectivity index (χ3v) is 9.90. The first kappa shape index (κ1) is 32.1. The fraction of sp³-hybridized carbons (Fsp3) is 0.412. The molecular weight excluding hydrogens is 562 g/mol. The standard InChI is InChI=1S/C34H43N3O5S/c1-5-27-11-7-10-14-32(27)37(43(40,41)30-21-15-25(3)16-22-30)24-33(38)36(23-26-17-19-29(42-4)20-18-26)31(6-2)34(39)35-28-12-8-9-13-28/h7,10-11,14-22,28,31H,5-6,8-9,12-13,23-24H2,1-4H3,(H,35,39)/t31-/m0/s1. The number of nitrogens with zero attached hydrogens (tertiary/aromatic N) is 2. The second kappa shape index (κ2) is 14.6. The van der Waals surface area contributed by atoms with Crippen molar-refractivity contribution in [3.8, 4) is 5.75 Å². The zero-order valence-corrected chi connectivity index (χ0v) is 26.4. The normalized spacial score (nSPS) is 14.2. The van der Waals surface area contributed by atoms with Crippen molar-refractivity contribution in [2.75, 3.05) is 18.0 Å². The number of aryl methyl sites for hydroxylation is 2. The van der Waals surface area contributed by atoms with Crippen LogP contribution >= 0.6 is 0 Å². The maximum absolute atomic E-state index is 14.3. The van der Waals surface area contributed by atoms with Gasteiger partial charge in [0, 0.05) is 12.6 Å². The van der Waals surface area contributed by atoms with Crippen molar-refractivity contribution in [1.82, 2.24) is 10.2 Å². The molecule has 0 radical (unpaired) electrons. The van der Waals surface area contributed by atoms with Crippen LogP contribution in [-0.2, 0) is 32.6 Å². The van der Waals surface area contributed by atoms with E-state index in [1.807, 2.05) is 57.2 Å². The van der Waals surface area contributed by atoms with E-state index >= 15 is 0 Å². The van der Waals surface area contributed by atoms with Crippen molar-refractivity contribution in [2.24, 2.45) is 0 Å². The molecule has 2 amide bonds. The van der Waals surface area contributed by atoms with Gasteiger partial charge >= 0.3 is 0 Å². The Morgan fingerprint density at radius 2 is 1.60 bits per heavy atom. The Hall–Kier alpha value is -3.85. The Bertz CT molecular complexity index is 1480. The van der Waals surface area contributed by atoms with E-state index in [-0.39, 0.29) is 23.4 Å². The predicted octanol–water partition coefficient (Wildman–Crippen LogP) is 5.63. The smallest absolute Gasteiger partial charge is 0.264 e. The fourth-order valence-corrected chi connectivity index (χ4v) is 7.07. The summed E-state index contributed by atoms with van der Waals surface area (Å²) in [6.07, 6.45) is 4.95. The lowest BCUT2D eigenvalue weighted by molar-refractivity contribution is -0.140. The minimum atomic E-state index is -4.12. The van der Waals surface area contributed by atoms with E-state index in [0.29, 0.717) is 24.3 Å². The number of hydrogen-bond donors (Lipinski definition) is 1. The molecule has 0 aliphatic heterocycles. The van der Waals surface area contributed by atoms with Gasteiger partial charge in [0.05, 0.1) is 17.7 Å². The first-order valence-corrected chi connectivity index (χ1v) is 16.5. The monoisotopic (exact) mass is 605 g/mol. The number of hydrogen-bond acceptors (Lipinski definition) is 5. The number of para-hydroxylation sites is 1. The van der Waals surface area contributed by atoms with Crippen LogP contribution in [-0.4, -0.2) is 50.9 Å². The van der Waals surface area contributed by atoms with Gasteiger partial charge < -0.3 is 15.0 Å². The maximum Gasteiger partial charge on any atom is 0.264 e. The lowest BCUT2D eigenvalue weighted by atomic mass is 10.1. The van der Waals surface area contributed by atoms with E-state index in [0.717, 1.165) is 42.4 Å². The van der Waals surface area contributed by atoms with Crippen molar-refractivity contribution in [3.63, 3.8) is 0 Å². The molecule has 3 aromatic rings. The molecule has 0 aromatic heterocycles. The number of carbonyl (C=O) groups is 2. The van der Waals surface area contributed by atoms with Crippen molar-refractivity contribution >= 4 is 27.5 Å². The molecule has 0 heterocycles. The van der Waals surface area contributed by atoms with Crippen LogP contribution in [0.4, 0.5) is 5.69 Å². The zero-order valence-electron chi connectivity index (χ0n) is 25.6. The molecular formula is C34H43N3O5S. The molecule has 1 aliphatic carbocycles. The molecule has 230 valence electrons. The van der Waals surface area contributed by atoms with Crippen LogP contribution in [0.3, 0.4) is 0 Å². The number of sulfonamides is 1. The highest BCUT2D eigenvalue weighted by molar-refractivity contribution is 7.92. The minimum absolute atomic E-state index is 0.0920. The maximum atomic E-state index is 14.3. The van der Waals surface area contributed by atoms with Crippen LogP contribution in [0.15, 0.2) is 77.7 Å². The highest BCUT2D eigenvalue weighted by Gasteiger charge is 2.35. The van der Waals surface area contributed by atoms with E-state index in [2.05, 4.69) is 5.32 Å². The van der Waals surface area contributed by atoms with Crippen LogP contribution in [0.1, 0.15) is 62.6 Å². The summed E-state index contributed by atoms with van der Waals surface area (Å²) in [5.41, 5.74) is 2.99. The molecule has 0 spiro atoms. The van der Waals surface area contributed by atoms with Gasteiger partial charge in [0.2, 0.25) is 11.8 Å². The highest BCUT2D eigenvalue weighted by atomic mass is 32.2. The van der Waals surface area contributed by atoms with Gasteiger partial charge in [-0.2, -0.15) is 0 Å². The predicted molar refractivity (Wildman–Crippen MR) is 170 cm³/mol. The molecule has 1 atom stereocenters. The van der Waals surface area contributed by atoms with Crippen LogP contribution < -0.4 is 14.4 Å². The van der Waals surface area contributed by atoms with E-state index in [4.69, 9.17) is 4.74 Å². The molecule has 1 aliphatic rings. The largest absolute Gasteiger partial charge is 0.497 e. The summed E-state index contributed by atoms with van der Waals surface area (Å²) in [7, 11) is -2.53. The molecule has 0 unspecified atom stereocenters. The van der Waals surface area contributed by atoms with Gasteiger partial charge in [0.1, 0.15) is 18.3 Å².